The molecule has 678 valence electrons. The summed E-state index contributed by atoms with van der Waals surface area (Å²) in [6, 6.07) is 40.6. The van der Waals surface area contributed by atoms with Crippen molar-refractivity contribution in [2.75, 3.05) is 39.4 Å². The number of fused-ring (bicyclic) bond motifs is 4. The van der Waals surface area contributed by atoms with E-state index in [4.69, 9.17) is 9.47 Å². The predicted molar refractivity (Wildman–Crippen MR) is 544 cm³/mol. The van der Waals surface area contributed by atoms with Crippen LogP contribution in [0.15, 0.2) is 131 Å². The van der Waals surface area contributed by atoms with E-state index in [2.05, 4.69) is 206 Å². The summed E-state index contributed by atoms with van der Waals surface area (Å²) in [6.07, 6.45) is 37.2. The van der Waals surface area contributed by atoms with Crippen LogP contribution in [0.1, 0.15) is 333 Å². The Morgan fingerprint density at radius 2 is 0.516 bits per heavy atom. The van der Waals surface area contributed by atoms with Gasteiger partial charge in [0.05, 0.1) is 87.2 Å². The van der Waals surface area contributed by atoms with Crippen molar-refractivity contribution in [2.24, 2.45) is 35.5 Å². The van der Waals surface area contributed by atoms with Crippen molar-refractivity contribution in [1.82, 2.24) is 19.6 Å². The summed E-state index contributed by atoms with van der Waals surface area (Å²) < 4.78 is 17.2. The minimum absolute atomic E-state index is 0.0594. The Hall–Kier alpha value is -7.18. The number of amides is 4. The predicted octanol–water partition coefficient (Wildman–Crippen LogP) is 32.9. The average Bonchev–Trinajstić information content (AvgIpc) is 1.55. The molecule has 13 rings (SSSR count). The standard InChI is InChI=1S/C110H146N4O6S6/c1-15-29-37-39-47-79-49-53-81(54-50-79)85-57-61-89(121-85)99-95-97(109(117)111(99)67-73(23-9)41-31-17-3)101(113(107(95)115)69-75(25-11)43-33-19-5)91-63-59-87(123-91)93-65-83-103(119-71-77(27-13)45-35-21-7)106-84(104(105(83)125-93)120-72-78(28-14)46-36-22-8)66-94(126-106)88-60-64-92(124-88)102-98-96(108(116)114(102)70-76(26-12)44-34-20-6)100(112(110(98)118)68-74(24-10)42-32-18-4)90-62-58-86(122-90)82-55-51-80(52-56-82)48-40-38-30-16-2/h49-66,73-78H,15-48,67-72H2,1-14H3. The molecule has 6 unspecified atom stereocenters. The van der Waals surface area contributed by atoms with Crippen molar-refractivity contribution in [2.45, 2.75) is 315 Å². The van der Waals surface area contributed by atoms with Gasteiger partial charge in [0.25, 0.3) is 23.6 Å². The van der Waals surface area contributed by atoms with Crippen LogP contribution < -0.4 is 9.47 Å². The number of carbonyl (C=O) groups excluding carboxylic acids is 4. The number of nitrogens with zero attached hydrogens (tertiary/aromatic N) is 4. The molecule has 0 fully saturated rings. The second-order valence-corrected chi connectivity index (χ2v) is 43.2. The van der Waals surface area contributed by atoms with Crippen LogP contribution in [0.3, 0.4) is 0 Å². The van der Waals surface area contributed by atoms with Gasteiger partial charge in [-0.05, 0) is 183 Å². The van der Waals surface area contributed by atoms with E-state index < -0.39 is 0 Å². The van der Waals surface area contributed by atoms with Crippen molar-refractivity contribution >= 4 is 135 Å². The largest absolute Gasteiger partial charge is 0.491 e. The number of rotatable bonds is 56. The van der Waals surface area contributed by atoms with E-state index in [9.17, 15) is 0 Å². The molecule has 10 heterocycles. The van der Waals surface area contributed by atoms with Crippen LogP contribution in [0.4, 0.5) is 0 Å². The first-order valence-corrected chi connectivity index (χ1v) is 54.6. The molecule has 9 aromatic rings. The molecule has 0 saturated carbocycles. The van der Waals surface area contributed by atoms with Gasteiger partial charge in [-0.25, -0.2) is 0 Å². The van der Waals surface area contributed by atoms with Gasteiger partial charge in [-0.1, -0.05) is 300 Å². The maximum absolute atomic E-state index is 16.2. The number of ether oxygens (including phenoxy) is 2. The molecule has 0 saturated heterocycles. The monoisotopic (exact) mass is 1810 g/mol. The van der Waals surface area contributed by atoms with Gasteiger partial charge in [0.2, 0.25) is 0 Å². The molecule has 0 spiro atoms. The van der Waals surface area contributed by atoms with E-state index in [1.165, 1.54) is 62.5 Å². The molecule has 0 N–H and O–H groups in total. The molecular formula is C110H146N4O6S6. The maximum Gasteiger partial charge on any atom is 0.261 e. The van der Waals surface area contributed by atoms with Crippen molar-refractivity contribution in [3.8, 4) is 51.9 Å². The summed E-state index contributed by atoms with van der Waals surface area (Å²) in [5, 5.41) is 2.06. The minimum atomic E-state index is -0.0594. The van der Waals surface area contributed by atoms with Crippen LogP contribution in [-0.2, 0) is 32.0 Å². The van der Waals surface area contributed by atoms with E-state index in [1.54, 1.807) is 68.0 Å². The van der Waals surface area contributed by atoms with Crippen LogP contribution in [0, 0.1) is 35.5 Å². The smallest absolute Gasteiger partial charge is 0.261 e. The summed E-state index contributed by atoms with van der Waals surface area (Å²) >= 11 is 10.3. The van der Waals surface area contributed by atoms with Gasteiger partial charge < -0.3 is 29.1 Å². The Morgan fingerprint density at radius 3 is 0.786 bits per heavy atom. The number of aryl methyl sites for hydroxylation is 2. The molecule has 6 atom stereocenters. The maximum atomic E-state index is 16.2. The zero-order valence-corrected chi connectivity index (χ0v) is 83.7. The number of benzene rings is 3. The fraction of sp³-hybridized carbons (Fsp3) is 0.545. The third-order valence-electron chi connectivity index (χ3n) is 27.6. The SMILES string of the molecule is CCCCCCc1ccc(-c2ccc(C3=C4C(=O)N(CC(CC)CCCC)C(c5ccc(-c6cc7c(OCC(CC)CCCC)c8sc(-c9ccc(C%10=C%11C(=O)N(CC(CC)CCCC)C(c%12ccc(-c%13ccc(CCCCCC)cc%13)s%12)=C%11C(=O)N%10CC(CC)CCCC)s9)cc8c(OCC(CC)CCCC)c7s6)s5)=C4C(=O)N3CC(CC)CCCC)s2)cc1. The van der Waals surface area contributed by atoms with Gasteiger partial charge in [0.15, 0.2) is 0 Å². The van der Waals surface area contributed by atoms with Crippen LogP contribution in [0.25, 0.3) is 83.4 Å². The summed E-state index contributed by atoms with van der Waals surface area (Å²) in [5.41, 5.74) is 10.3. The van der Waals surface area contributed by atoms with E-state index in [-0.39, 0.29) is 47.3 Å². The second kappa shape index (κ2) is 47.1. The minimum Gasteiger partial charge on any atom is -0.491 e. The molecule has 126 heavy (non-hydrogen) atoms. The Morgan fingerprint density at radius 1 is 0.262 bits per heavy atom. The van der Waals surface area contributed by atoms with Gasteiger partial charge in [-0.3, -0.25) is 19.2 Å². The highest BCUT2D eigenvalue weighted by atomic mass is 32.1. The van der Waals surface area contributed by atoms with Crippen molar-refractivity contribution in [1.29, 1.82) is 0 Å². The third-order valence-corrected chi connectivity index (χ3v) is 34.8. The molecule has 6 aromatic heterocycles. The lowest BCUT2D eigenvalue weighted by Crippen LogP contribution is -2.34. The van der Waals surface area contributed by atoms with Gasteiger partial charge in [-0.15, -0.1) is 68.0 Å². The zero-order chi connectivity index (χ0) is 88.9. The first kappa shape index (κ1) is 96.4. The van der Waals surface area contributed by atoms with E-state index in [1.807, 2.05) is 19.6 Å². The summed E-state index contributed by atoms with van der Waals surface area (Å²) in [6.45, 7) is 35.1. The lowest BCUT2D eigenvalue weighted by molar-refractivity contribution is -0.124. The summed E-state index contributed by atoms with van der Waals surface area (Å²) in [5.74, 6) is 3.30. The number of hydrogen-bond donors (Lipinski definition) is 0. The van der Waals surface area contributed by atoms with Gasteiger partial charge >= 0.3 is 0 Å². The zero-order valence-electron chi connectivity index (χ0n) is 78.8. The fourth-order valence-corrected chi connectivity index (χ4v) is 26.0. The van der Waals surface area contributed by atoms with Crippen LogP contribution in [0.2, 0.25) is 0 Å². The normalized spacial score (nSPS) is 15.9. The summed E-state index contributed by atoms with van der Waals surface area (Å²) in [4.78, 5) is 83.3. The molecule has 4 amide bonds. The summed E-state index contributed by atoms with van der Waals surface area (Å²) in [7, 11) is 0. The van der Waals surface area contributed by atoms with Gasteiger partial charge in [0.1, 0.15) is 11.5 Å². The van der Waals surface area contributed by atoms with Crippen molar-refractivity contribution in [3.63, 3.8) is 0 Å². The van der Waals surface area contributed by atoms with Crippen LogP contribution in [-0.4, -0.2) is 82.6 Å². The number of thiophene rings is 6. The highest BCUT2D eigenvalue weighted by molar-refractivity contribution is 7.28. The molecule has 3 aromatic carbocycles. The molecule has 0 radical (unpaired) electrons. The van der Waals surface area contributed by atoms with E-state index >= 15 is 19.2 Å². The molecule has 10 nitrogen and oxygen atoms in total. The molecule has 0 aliphatic carbocycles. The number of hydrogen-bond acceptors (Lipinski definition) is 12. The fourth-order valence-electron chi connectivity index (χ4n) is 19.3. The Labute approximate surface area is 780 Å². The van der Waals surface area contributed by atoms with Crippen molar-refractivity contribution in [3.05, 3.63) is 162 Å². The van der Waals surface area contributed by atoms with E-state index in [0.717, 1.165) is 281 Å². The Kier molecular flexibility index (Phi) is 36.0. The molecular weight excluding hydrogens is 1670 g/mol. The molecule has 0 bridgehead atoms. The molecule has 16 heteroatoms. The number of unbranched alkanes of at least 4 members (excludes halogenated alkanes) is 12. The second-order valence-electron chi connectivity index (χ2n) is 36.7. The van der Waals surface area contributed by atoms with Crippen LogP contribution in [0.5, 0.6) is 11.5 Å². The first-order valence-electron chi connectivity index (χ1n) is 49.7. The average molecular weight is 1810 g/mol. The first-order chi connectivity index (χ1) is 61.6. The number of carbonyl (C=O) groups is 4. The Balaban J connectivity index is 0.948. The van der Waals surface area contributed by atoms with Gasteiger partial charge in [-0.2, -0.15) is 0 Å². The van der Waals surface area contributed by atoms with Crippen LogP contribution >= 0.6 is 68.0 Å². The highest BCUT2D eigenvalue weighted by Gasteiger charge is 2.52. The lowest BCUT2D eigenvalue weighted by atomic mass is 9.98. The quantitative estimate of drug-likeness (QED) is 0.0352. The Bertz CT molecular complexity index is 4870. The third kappa shape index (κ3) is 22.0. The van der Waals surface area contributed by atoms with Gasteiger partial charge in [0, 0.05) is 66.2 Å². The molecule has 4 aliphatic rings. The topological polar surface area (TPSA) is 99.7 Å². The van der Waals surface area contributed by atoms with E-state index in [0.29, 0.717) is 73.5 Å². The molecule has 4 aliphatic heterocycles. The lowest BCUT2D eigenvalue weighted by Gasteiger charge is -2.29. The highest BCUT2D eigenvalue weighted by Crippen LogP contribution is 2.58. The van der Waals surface area contributed by atoms with Crippen molar-refractivity contribution < 1.29 is 28.7 Å².